The molecule has 1 N–H and O–H groups in total. The summed E-state index contributed by atoms with van der Waals surface area (Å²) < 4.78 is 31.9. The molecule has 3 rings (SSSR count). The minimum atomic E-state index is -3.69. The molecule has 0 bridgehead atoms. The van der Waals surface area contributed by atoms with Crippen LogP contribution in [-0.2, 0) is 14.8 Å². The van der Waals surface area contributed by atoms with Gasteiger partial charge in [-0.05, 0) is 55.8 Å². The van der Waals surface area contributed by atoms with Gasteiger partial charge >= 0.3 is 0 Å². The lowest BCUT2D eigenvalue weighted by molar-refractivity contribution is -0.116. The van der Waals surface area contributed by atoms with Crippen molar-refractivity contribution in [2.75, 3.05) is 15.9 Å². The Morgan fingerprint density at radius 3 is 2.30 bits per heavy atom. The van der Waals surface area contributed by atoms with Crippen molar-refractivity contribution in [2.45, 2.75) is 19.9 Å². The van der Waals surface area contributed by atoms with Gasteiger partial charge in [0.25, 0.3) is 0 Å². The molecule has 0 spiro atoms. The van der Waals surface area contributed by atoms with Crippen molar-refractivity contribution in [1.29, 1.82) is 0 Å². The molecule has 0 unspecified atom stereocenters. The number of aryl methyl sites for hydroxylation is 1. The first-order valence-corrected chi connectivity index (χ1v) is 11.3. The molecule has 0 aliphatic heterocycles. The van der Waals surface area contributed by atoms with E-state index in [1.807, 2.05) is 43.3 Å². The van der Waals surface area contributed by atoms with E-state index in [0.29, 0.717) is 22.9 Å². The highest BCUT2D eigenvalue weighted by Gasteiger charge is 2.29. The van der Waals surface area contributed by atoms with E-state index < -0.39 is 22.0 Å². The molecule has 0 fully saturated rings. The van der Waals surface area contributed by atoms with Crippen LogP contribution in [-0.4, -0.2) is 26.6 Å². The number of rotatable bonds is 7. The maximum Gasteiger partial charge on any atom is 0.248 e. The van der Waals surface area contributed by atoms with Crippen LogP contribution in [0.25, 0.3) is 0 Å². The molecule has 0 aliphatic carbocycles. The van der Waals surface area contributed by atoms with Crippen molar-refractivity contribution >= 4 is 27.3 Å². The third-order valence-electron chi connectivity index (χ3n) is 4.46. The highest BCUT2D eigenvalue weighted by Crippen LogP contribution is 2.30. The Morgan fingerprint density at radius 1 is 0.967 bits per heavy atom. The summed E-state index contributed by atoms with van der Waals surface area (Å²) in [6.45, 7) is 3.42. The van der Waals surface area contributed by atoms with Gasteiger partial charge in [0, 0.05) is 0 Å². The fraction of sp³-hybridized carbons (Fsp3) is 0.174. The van der Waals surface area contributed by atoms with E-state index in [1.165, 1.54) is 0 Å². The summed E-state index contributed by atoms with van der Waals surface area (Å²) >= 11 is 0. The average molecular weight is 425 g/mol. The number of ether oxygens (including phenoxy) is 1. The summed E-state index contributed by atoms with van der Waals surface area (Å²) in [6.07, 6.45) is 1.09. The first-order valence-electron chi connectivity index (χ1n) is 9.44. The topological polar surface area (TPSA) is 75.7 Å². The molecule has 3 aromatic carbocycles. The van der Waals surface area contributed by atoms with E-state index in [2.05, 4.69) is 5.32 Å². The van der Waals surface area contributed by atoms with Crippen LogP contribution in [0.5, 0.6) is 11.5 Å². The van der Waals surface area contributed by atoms with Gasteiger partial charge in [-0.15, -0.1) is 0 Å². The highest BCUT2D eigenvalue weighted by atomic mass is 32.2. The lowest BCUT2D eigenvalue weighted by Gasteiger charge is -2.28. The summed E-state index contributed by atoms with van der Waals surface area (Å²) in [5.41, 5.74) is 1.79. The summed E-state index contributed by atoms with van der Waals surface area (Å²) in [5, 5.41) is 2.80. The molecule has 0 aromatic heterocycles. The van der Waals surface area contributed by atoms with Gasteiger partial charge in [-0.25, -0.2) is 8.42 Å². The first-order chi connectivity index (χ1) is 14.3. The van der Waals surface area contributed by atoms with Crippen molar-refractivity contribution < 1.29 is 17.9 Å². The van der Waals surface area contributed by atoms with E-state index in [-0.39, 0.29) is 0 Å². The fourth-order valence-corrected chi connectivity index (χ4v) is 4.25. The Labute approximate surface area is 177 Å². The van der Waals surface area contributed by atoms with E-state index >= 15 is 0 Å². The quantitative estimate of drug-likeness (QED) is 0.602. The second kappa shape index (κ2) is 9.00. The maximum atomic E-state index is 13.0. The molecule has 7 heteroatoms. The molecule has 1 atom stereocenters. The van der Waals surface area contributed by atoms with E-state index in [1.54, 1.807) is 49.4 Å². The molecule has 30 heavy (non-hydrogen) atoms. The highest BCUT2D eigenvalue weighted by molar-refractivity contribution is 7.92. The lowest BCUT2D eigenvalue weighted by Crippen LogP contribution is -2.45. The van der Waals surface area contributed by atoms with Crippen LogP contribution >= 0.6 is 0 Å². The molecule has 3 aromatic rings. The number of carbonyl (C=O) groups excluding carboxylic acids is 1. The van der Waals surface area contributed by atoms with Gasteiger partial charge in [0.2, 0.25) is 15.9 Å². The van der Waals surface area contributed by atoms with Crippen molar-refractivity contribution in [3.8, 4) is 11.5 Å². The van der Waals surface area contributed by atoms with E-state index in [0.717, 1.165) is 16.1 Å². The predicted molar refractivity (Wildman–Crippen MR) is 120 cm³/mol. The van der Waals surface area contributed by atoms with Gasteiger partial charge < -0.3 is 10.1 Å². The number of hydrogen-bond donors (Lipinski definition) is 1. The Bertz CT molecular complexity index is 1130. The predicted octanol–water partition coefficient (Wildman–Crippen LogP) is 4.58. The second-order valence-electron chi connectivity index (χ2n) is 6.97. The van der Waals surface area contributed by atoms with Gasteiger partial charge in [0.1, 0.15) is 11.8 Å². The maximum absolute atomic E-state index is 13.0. The Morgan fingerprint density at radius 2 is 1.63 bits per heavy atom. The van der Waals surface area contributed by atoms with Crippen LogP contribution in [0.4, 0.5) is 11.4 Å². The zero-order valence-electron chi connectivity index (χ0n) is 17.1. The zero-order chi connectivity index (χ0) is 21.7. The molecule has 0 radical (unpaired) electrons. The molecule has 0 heterocycles. The van der Waals surface area contributed by atoms with Crippen LogP contribution in [0, 0.1) is 6.92 Å². The van der Waals surface area contributed by atoms with Gasteiger partial charge in [0.05, 0.1) is 17.6 Å². The Hall–Kier alpha value is -3.32. The van der Waals surface area contributed by atoms with Crippen molar-refractivity contribution in [3.05, 3.63) is 84.4 Å². The Kier molecular flexibility index (Phi) is 6.42. The number of hydrogen-bond acceptors (Lipinski definition) is 4. The van der Waals surface area contributed by atoms with Crippen LogP contribution < -0.4 is 14.4 Å². The van der Waals surface area contributed by atoms with Gasteiger partial charge in [-0.2, -0.15) is 0 Å². The molecule has 1 amide bonds. The van der Waals surface area contributed by atoms with Crippen molar-refractivity contribution in [1.82, 2.24) is 0 Å². The summed E-state index contributed by atoms with van der Waals surface area (Å²) in [4.78, 5) is 13.0. The monoisotopic (exact) mass is 424 g/mol. The fourth-order valence-electron chi connectivity index (χ4n) is 3.09. The SMILES string of the molecule is Cc1cccc(N([C@@H](C)C(=O)Nc2ccccc2Oc2ccccc2)S(C)(=O)=O)c1. The second-order valence-corrected chi connectivity index (χ2v) is 8.83. The van der Waals surface area contributed by atoms with Crippen LogP contribution in [0.2, 0.25) is 0 Å². The van der Waals surface area contributed by atoms with Crippen molar-refractivity contribution in [3.63, 3.8) is 0 Å². The molecule has 0 saturated carbocycles. The third kappa shape index (κ3) is 5.18. The largest absolute Gasteiger partial charge is 0.455 e. The number of nitrogens with one attached hydrogen (secondary N) is 1. The number of sulfonamides is 1. The normalized spacial score (nSPS) is 12.1. The molecule has 156 valence electrons. The summed E-state index contributed by atoms with van der Waals surface area (Å²) in [5.74, 6) is 0.626. The molecular weight excluding hydrogens is 400 g/mol. The molecular formula is C23H24N2O4S. The minimum Gasteiger partial charge on any atom is -0.455 e. The van der Waals surface area contributed by atoms with Crippen LogP contribution in [0.15, 0.2) is 78.9 Å². The average Bonchev–Trinajstić information content (AvgIpc) is 2.69. The molecule has 0 saturated heterocycles. The first kappa shape index (κ1) is 21.4. The lowest BCUT2D eigenvalue weighted by atomic mass is 10.2. The molecule has 0 aliphatic rings. The Balaban J connectivity index is 1.86. The van der Waals surface area contributed by atoms with Gasteiger partial charge in [-0.3, -0.25) is 9.10 Å². The minimum absolute atomic E-state index is 0.439. The third-order valence-corrected chi connectivity index (χ3v) is 5.70. The van der Waals surface area contributed by atoms with E-state index in [9.17, 15) is 13.2 Å². The molecule has 6 nitrogen and oxygen atoms in total. The standard InChI is InChI=1S/C23H24N2O4S/c1-17-10-9-11-19(16-17)25(30(3,27)28)18(2)23(26)24-21-14-7-8-15-22(21)29-20-12-5-4-6-13-20/h4-16,18H,1-3H3,(H,24,26)/t18-/m0/s1. The van der Waals surface area contributed by atoms with Crippen LogP contribution in [0.3, 0.4) is 0 Å². The van der Waals surface area contributed by atoms with Gasteiger partial charge in [-0.1, -0.05) is 42.5 Å². The number of amides is 1. The van der Waals surface area contributed by atoms with E-state index in [4.69, 9.17) is 4.74 Å². The van der Waals surface area contributed by atoms with Crippen molar-refractivity contribution in [2.24, 2.45) is 0 Å². The van der Waals surface area contributed by atoms with Gasteiger partial charge in [0.15, 0.2) is 5.75 Å². The number of carbonyl (C=O) groups is 1. The summed E-state index contributed by atoms with van der Waals surface area (Å²) in [7, 11) is -3.69. The number of benzene rings is 3. The number of para-hydroxylation sites is 3. The smallest absolute Gasteiger partial charge is 0.248 e. The summed E-state index contributed by atoms with van der Waals surface area (Å²) in [6, 6.07) is 22.3. The number of anilines is 2. The zero-order valence-corrected chi connectivity index (χ0v) is 17.9. The number of nitrogens with zero attached hydrogens (tertiary/aromatic N) is 1. The van der Waals surface area contributed by atoms with Crippen LogP contribution in [0.1, 0.15) is 12.5 Å².